The fourth-order valence-electron chi connectivity index (χ4n) is 0.813. The van der Waals surface area contributed by atoms with Crippen LogP contribution in [0.4, 0.5) is 0 Å². The first-order valence-corrected chi connectivity index (χ1v) is 5.79. The minimum Gasteiger partial charge on any atom is -0.479 e. The van der Waals surface area contributed by atoms with Crippen molar-refractivity contribution in [2.45, 2.75) is 32.3 Å². The molecule has 78 valence electrons. The van der Waals surface area contributed by atoms with Crippen LogP contribution in [0.15, 0.2) is 0 Å². The van der Waals surface area contributed by atoms with E-state index in [0.29, 0.717) is 6.42 Å². The second-order valence-electron chi connectivity index (χ2n) is 2.77. The molecule has 0 saturated heterocycles. The molecule has 0 aliphatic heterocycles. The maximum Gasteiger partial charge on any atom is 0.334 e. The summed E-state index contributed by atoms with van der Waals surface area (Å²) in [5, 5.41) is 8.57. The molecule has 0 fully saturated rings. The largest absolute Gasteiger partial charge is 0.479 e. The minimum absolute atomic E-state index is 0.221. The molecular formula is C7H14O5S. The normalized spacial score (nSPS) is 14.0. The molecule has 1 atom stereocenters. The van der Waals surface area contributed by atoms with Gasteiger partial charge in [0.25, 0.3) is 10.1 Å². The zero-order valence-corrected chi connectivity index (χ0v) is 8.50. The summed E-state index contributed by atoms with van der Waals surface area (Å²) < 4.78 is 25.6. The number of unbranched alkanes of at least 4 members (excludes halogenated alkanes) is 1. The topological polar surface area (TPSA) is 80.7 Å². The average molecular weight is 210 g/mol. The first-order valence-electron chi connectivity index (χ1n) is 3.98. The summed E-state index contributed by atoms with van der Waals surface area (Å²) in [5.41, 5.74) is 0. The average Bonchev–Trinajstić information content (AvgIpc) is 1.95. The molecular weight excluding hydrogens is 196 g/mol. The highest BCUT2D eigenvalue weighted by Gasteiger charge is 2.22. The zero-order valence-electron chi connectivity index (χ0n) is 7.69. The van der Waals surface area contributed by atoms with E-state index in [2.05, 4.69) is 4.18 Å². The van der Waals surface area contributed by atoms with Crippen molar-refractivity contribution in [1.29, 1.82) is 0 Å². The van der Waals surface area contributed by atoms with Crippen molar-refractivity contribution in [1.82, 2.24) is 0 Å². The first-order chi connectivity index (χ1) is 5.87. The highest BCUT2D eigenvalue weighted by molar-refractivity contribution is 7.86. The number of aliphatic carboxylic acids is 1. The lowest BCUT2D eigenvalue weighted by Crippen LogP contribution is -2.26. The van der Waals surface area contributed by atoms with Crippen LogP contribution in [0.1, 0.15) is 26.2 Å². The molecule has 0 aromatic carbocycles. The molecule has 0 rings (SSSR count). The van der Waals surface area contributed by atoms with Gasteiger partial charge in [-0.05, 0) is 6.42 Å². The van der Waals surface area contributed by atoms with Crippen molar-refractivity contribution in [3.05, 3.63) is 0 Å². The van der Waals surface area contributed by atoms with Crippen LogP contribution in [0.3, 0.4) is 0 Å². The Morgan fingerprint density at radius 1 is 1.54 bits per heavy atom. The number of hydrogen-bond donors (Lipinski definition) is 1. The minimum atomic E-state index is -3.68. The molecule has 0 spiro atoms. The van der Waals surface area contributed by atoms with Crippen LogP contribution in [0.5, 0.6) is 0 Å². The second kappa shape index (κ2) is 5.18. The molecule has 0 saturated carbocycles. The van der Waals surface area contributed by atoms with E-state index in [9.17, 15) is 13.2 Å². The van der Waals surface area contributed by atoms with Gasteiger partial charge < -0.3 is 5.11 Å². The Kier molecular flexibility index (Phi) is 4.94. The third kappa shape index (κ3) is 6.53. The summed E-state index contributed by atoms with van der Waals surface area (Å²) in [4.78, 5) is 10.5. The Balaban J connectivity index is 4.19. The van der Waals surface area contributed by atoms with E-state index in [1.807, 2.05) is 6.92 Å². The van der Waals surface area contributed by atoms with Gasteiger partial charge in [-0.25, -0.2) is 4.79 Å². The lowest BCUT2D eigenvalue weighted by molar-refractivity contribution is -0.145. The van der Waals surface area contributed by atoms with Crippen LogP contribution in [-0.4, -0.2) is 31.9 Å². The van der Waals surface area contributed by atoms with Gasteiger partial charge in [0.2, 0.25) is 0 Å². The highest BCUT2D eigenvalue weighted by Crippen LogP contribution is 2.07. The number of carboxylic acid groups (broad SMARTS) is 1. The third-order valence-corrected chi connectivity index (χ3v) is 1.97. The standard InChI is InChI=1S/C7H14O5S/c1-3-4-5-6(7(8)9)12-13(2,10)11/h6H,3-5H2,1-2H3,(H,8,9)/t6-/m1/s1. The van der Waals surface area contributed by atoms with Gasteiger partial charge in [-0.2, -0.15) is 8.42 Å². The lowest BCUT2D eigenvalue weighted by atomic mass is 10.2. The van der Waals surface area contributed by atoms with Gasteiger partial charge in [-0.3, -0.25) is 4.18 Å². The quantitative estimate of drug-likeness (QED) is 0.649. The SMILES string of the molecule is CCCC[C@@H](OS(C)(=O)=O)C(=O)O. The van der Waals surface area contributed by atoms with Crippen molar-refractivity contribution in [3.63, 3.8) is 0 Å². The van der Waals surface area contributed by atoms with Gasteiger partial charge in [0.05, 0.1) is 6.26 Å². The first kappa shape index (κ1) is 12.4. The third-order valence-electron chi connectivity index (χ3n) is 1.39. The van der Waals surface area contributed by atoms with Crippen molar-refractivity contribution in [2.75, 3.05) is 6.26 Å². The van der Waals surface area contributed by atoms with E-state index in [1.165, 1.54) is 0 Å². The Morgan fingerprint density at radius 2 is 2.08 bits per heavy atom. The van der Waals surface area contributed by atoms with Crippen LogP contribution in [-0.2, 0) is 19.1 Å². The van der Waals surface area contributed by atoms with Crippen molar-refractivity contribution in [2.24, 2.45) is 0 Å². The summed E-state index contributed by atoms with van der Waals surface area (Å²) in [6.45, 7) is 1.89. The fourth-order valence-corrected chi connectivity index (χ4v) is 1.41. The van der Waals surface area contributed by atoms with E-state index in [1.54, 1.807) is 0 Å². The van der Waals surface area contributed by atoms with Gasteiger partial charge in [-0.15, -0.1) is 0 Å². The van der Waals surface area contributed by atoms with Gasteiger partial charge >= 0.3 is 5.97 Å². The van der Waals surface area contributed by atoms with E-state index >= 15 is 0 Å². The van der Waals surface area contributed by atoms with Crippen molar-refractivity contribution in [3.8, 4) is 0 Å². The Bertz CT molecular complexity index is 256. The van der Waals surface area contributed by atoms with E-state index < -0.39 is 22.2 Å². The molecule has 0 aromatic heterocycles. The van der Waals surface area contributed by atoms with Crippen LogP contribution in [0.25, 0.3) is 0 Å². The molecule has 0 radical (unpaired) electrons. The molecule has 0 unspecified atom stereocenters. The van der Waals surface area contributed by atoms with Crippen LogP contribution < -0.4 is 0 Å². The molecule has 13 heavy (non-hydrogen) atoms. The maximum absolute atomic E-state index is 10.6. The molecule has 0 bridgehead atoms. The van der Waals surface area contributed by atoms with E-state index in [4.69, 9.17) is 5.11 Å². The van der Waals surface area contributed by atoms with Gasteiger partial charge in [0.1, 0.15) is 0 Å². The summed E-state index contributed by atoms with van der Waals surface area (Å²) in [6, 6.07) is 0. The number of carbonyl (C=O) groups is 1. The molecule has 6 heteroatoms. The predicted octanol–water partition coefficient (Wildman–Crippen LogP) is 0.606. The summed E-state index contributed by atoms with van der Waals surface area (Å²) in [5.74, 6) is -1.24. The maximum atomic E-state index is 10.6. The Labute approximate surface area is 77.8 Å². The van der Waals surface area contributed by atoms with Gasteiger partial charge in [-0.1, -0.05) is 19.8 Å². The van der Waals surface area contributed by atoms with Crippen LogP contribution in [0.2, 0.25) is 0 Å². The van der Waals surface area contributed by atoms with Gasteiger partial charge in [0.15, 0.2) is 6.10 Å². The lowest BCUT2D eigenvalue weighted by Gasteiger charge is -2.10. The van der Waals surface area contributed by atoms with Crippen molar-refractivity contribution >= 4 is 16.1 Å². The Hall–Kier alpha value is -0.620. The second-order valence-corrected chi connectivity index (χ2v) is 4.37. The summed E-state index contributed by atoms with van der Waals surface area (Å²) >= 11 is 0. The molecule has 0 heterocycles. The Morgan fingerprint density at radius 3 is 2.38 bits per heavy atom. The van der Waals surface area contributed by atoms with E-state index in [-0.39, 0.29) is 6.42 Å². The van der Waals surface area contributed by atoms with Crippen molar-refractivity contribution < 1.29 is 22.5 Å². The molecule has 5 nitrogen and oxygen atoms in total. The van der Waals surface area contributed by atoms with Crippen LogP contribution in [0, 0.1) is 0 Å². The number of carboxylic acids is 1. The molecule has 0 amide bonds. The van der Waals surface area contributed by atoms with E-state index in [0.717, 1.165) is 12.7 Å². The molecule has 1 N–H and O–H groups in total. The molecule has 0 aliphatic rings. The number of hydrogen-bond acceptors (Lipinski definition) is 4. The van der Waals surface area contributed by atoms with Crippen LogP contribution >= 0.6 is 0 Å². The monoisotopic (exact) mass is 210 g/mol. The highest BCUT2D eigenvalue weighted by atomic mass is 32.2. The molecule has 0 aliphatic carbocycles. The van der Waals surface area contributed by atoms with Gasteiger partial charge in [0, 0.05) is 0 Å². The summed E-state index contributed by atoms with van der Waals surface area (Å²) in [6.07, 6.45) is 1.26. The summed E-state index contributed by atoms with van der Waals surface area (Å²) in [7, 11) is -3.68. The molecule has 0 aromatic rings. The number of rotatable bonds is 6. The fraction of sp³-hybridized carbons (Fsp3) is 0.857. The smallest absolute Gasteiger partial charge is 0.334 e. The predicted molar refractivity (Wildman–Crippen MR) is 46.9 cm³/mol. The zero-order chi connectivity index (χ0) is 10.5.